The smallest absolute Gasteiger partial charge is 0.167 e. The molecule has 0 amide bonds. The van der Waals surface area contributed by atoms with Gasteiger partial charge in [-0.2, -0.15) is 0 Å². The van der Waals surface area contributed by atoms with E-state index in [1.165, 1.54) is 0 Å². The SMILES string of the molecule is CC(C)C(=O)c1cc(F)cc(F)c1Cl. The molecule has 0 bridgehead atoms. The minimum absolute atomic E-state index is 0.0980. The standard InChI is InChI=1S/C10H9ClF2O/c1-5(2)10(14)7-3-6(12)4-8(13)9(7)11/h3-5H,1-2H3. The Balaban J connectivity index is 3.27. The van der Waals surface area contributed by atoms with E-state index in [9.17, 15) is 13.6 Å². The van der Waals surface area contributed by atoms with Gasteiger partial charge in [0.25, 0.3) is 0 Å². The molecule has 0 saturated carbocycles. The topological polar surface area (TPSA) is 17.1 Å². The highest BCUT2D eigenvalue weighted by atomic mass is 35.5. The largest absolute Gasteiger partial charge is 0.294 e. The van der Waals surface area contributed by atoms with E-state index in [4.69, 9.17) is 11.6 Å². The third-order valence-corrected chi connectivity index (χ3v) is 2.17. The zero-order valence-electron chi connectivity index (χ0n) is 7.77. The number of Topliss-reactive ketones (excluding diaryl/α,β-unsaturated/α-hetero) is 1. The molecule has 76 valence electrons. The second-order valence-electron chi connectivity index (χ2n) is 3.27. The number of benzene rings is 1. The fraction of sp³-hybridized carbons (Fsp3) is 0.300. The third kappa shape index (κ3) is 2.10. The first kappa shape index (κ1) is 11.1. The zero-order chi connectivity index (χ0) is 10.9. The van der Waals surface area contributed by atoms with Gasteiger partial charge in [-0.25, -0.2) is 8.78 Å². The lowest BCUT2D eigenvalue weighted by atomic mass is 10.0. The first-order valence-corrected chi connectivity index (χ1v) is 4.50. The lowest BCUT2D eigenvalue weighted by Gasteiger charge is -2.06. The summed E-state index contributed by atoms with van der Waals surface area (Å²) in [4.78, 5) is 11.5. The molecule has 1 rings (SSSR count). The van der Waals surface area contributed by atoms with Crippen LogP contribution in [0.15, 0.2) is 12.1 Å². The van der Waals surface area contributed by atoms with Gasteiger partial charge in [0.1, 0.15) is 11.6 Å². The maximum absolute atomic E-state index is 12.9. The van der Waals surface area contributed by atoms with Gasteiger partial charge in [0.2, 0.25) is 0 Å². The van der Waals surface area contributed by atoms with Crippen molar-refractivity contribution in [3.63, 3.8) is 0 Å². The quantitative estimate of drug-likeness (QED) is 0.549. The molecular weight excluding hydrogens is 210 g/mol. The summed E-state index contributed by atoms with van der Waals surface area (Å²) >= 11 is 5.54. The van der Waals surface area contributed by atoms with E-state index in [2.05, 4.69) is 0 Å². The van der Waals surface area contributed by atoms with E-state index in [1.807, 2.05) is 0 Å². The summed E-state index contributed by atoms with van der Waals surface area (Å²) in [6.45, 7) is 3.28. The van der Waals surface area contributed by atoms with Crippen molar-refractivity contribution in [1.29, 1.82) is 0 Å². The highest BCUT2D eigenvalue weighted by molar-refractivity contribution is 6.34. The zero-order valence-corrected chi connectivity index (χ0v) is 8.53. The number of ketones is 1. The van der Waals surface area contributed by atoms with Crippen LogP contribution in [-0.2, 0) is 0 Å². The van der Waals surface area contributed by atoms with Crippen molar-refractivity contribution in [2.45, 2.75) is 13.8 Å². The average molecular weight is 219 g/mol. The van der Waals surface area contributed by atoms with Crippen LogP contribution in [0.4, 0.5) is 8.78 Å². The summed E-state index contributed by atoms with van der Waals surface area (Å²) < 4.78 is 25.7. The van der Waals surface area contributed by atoms with E-state index in [1.54, 1.807) is 13.8 Å². The van der Waals surface area contributed by atoms with Crippen LogP contribution >= 0.6 is 11.6 Å². The number of carbonyl (C=O) groups excluding carboxylic acids is 1. The fourth-order valence-corrected chi connectivity index (χ4v) is 1.25. The first-order valence-electron chi connectivity index (χ1n) is 4.12. The minimum atomic E-state index is -0.907. The van der Waals surface area contributed by atoms with Gasteiger partial charge in [-0.3, -0.25) is 4.79 Å². The van der Waals surface area contributed by atoms with Gasteiger partial charge < -0.3 is 0 Å². The van der Waals surface area contributed by atoms with Crippen LogP contribution in [-0.4, -0.2) is 5.78 Å². The summed E-state index contributed by atoms with van der Waals surface area (Å²) in [5.74, 6) is -2.41. The van der Waals surface area contributed by atoms with Gasteiger partial charge in [-0.05, 0) is 6.07 Å². The molecule has 0 unspecified atom stereocenters. The molecule has 0 aliphatic heterocycles. The van der Waals surface area contributed by atoms with E-state index in [-0.39, 0.29) is 22.3 Å². The first-order chi connectivity index (χ1) is 6.43. The van der Waals surface area contributed by atoms with Gasteiger partial charge in [-0.1, -0.05) is 25.4 Å². The molecule has 0 N–H and O–H groups in total. The number of halogens is 3. The van der Waals surface area contributed by atoms with Gasteiger partial charge in [-0.15, -0.1) is 0 Å². The maximum Gasteiger partial charge on any atom is 0.167 e. The summed E-state index contributed by atoms with van der Waals surface area (Å²) in [5.41, 5.74) is -0.0980. The summed E-state index contributed by atoms with van der Waals surface area (Å²) in [5, 5.41) is -0.315. The van der Waals surface area contributed by atoms with E-state index < -0.39 is 11.6 Å². The Labute approximate surface area is 85.7 Å². The second kappa shape index (κ2) is 4.05. The van der Waals surface area contributed by atoms with Crippen LogP contribution in [0, 0.1) is 17.6 Å². The van der Waals surface area contributed by atoms with E-state index in [0.29, 0.717) is 6.07 Å². The molecule has 0 aromatic heterocycles. The number of rotatable bonds is 2. The molecular formula is C10H9ClF2O. The summed E-state index contributed by atoms with van der Waals surface area (Å²) in [6.07, 6.45) is 0. The molecule has 0 aliphatic carbocycles. The van der Waals surface area contributed by atoms with Gasteiger partial charge in [0, 0.05) is 17.5 Å². The van der Waals surface area contributed by atoms with Crippen LogP contribution in [0.5, 0.6) is 0 Å². The lowest BCUT2D eigenvalue weighted by molar-refractivity contribution is 0.0938. The maximum atomic E-state index is 12.9. The highest BCUT2D eigenvalue weighted by Gasteiger charge is 2.18. The van der Waals surface area contributed by atoms with Crippen LogP contribution in [0.25, 0.3) is 0 Å². The molecule has 0 aliphatic rings. The Morgan fingerprint density at radius 2 is 1.93 bits per heavy atom. The molecule has 0 heterocycles. The van der Waals surface area contributed by atoms with Gasteiger partial charge in [0.05, 0.1) is 5.02 Å². The average Bonchev–Trinajstić information content (AvgIpc) is 2.09. The van der Waals surface area contributed by atoms with Gasteiger partial charge in [0.15, 0.2) is 5.78 Å². The van der Waals surface area contributed by atoms with E-state index in [0.717, 1.165) is 6.07 Å². The Kier molecular flexibility index (Phi) is 3.21. The van der Waals surface area contributed by atoms with Crippen LogP contribution in [0.1, 0.15) is 24.2 Å². The third-order valence-electron chi connectivity index (χ3n) is 1.78. The van der Waals surface area contributed by atoms with Crippen molar-refractivity contribution in [1.82, 2.24) is 0 Å². The highest BCUT2D eigenvalue weighted by Crippen LogP contribution is 2.23. The molecule has 0 fully saturated rings. The number of hydrogen-bond donors (Lipinski definition) is 0. The molecule has 4 heteroatoms. The van der Waals surface area contributed by atoms with Crippen molar-refractivity contribution in [3.05, 3.63) is 34.4 Å². The predicted molar refractivity (Wildman–Crippen MR) is 50.5 cm³/mol. The molecule has 1 aromatic rings. The van der Waals surface area contributed by atoms with E-state index >= 15 is 0 Å². The molecule has 14 heavy (non-hydrogen) atoms. The van der Waals surface area contributed by atoms with Crippen molar-refractivity contribution >= 4 is 17.4 Å². The molecule has 0 saturated heterocycles. The van der Waals surface area contributed by atoms with Crippen molar-refractivity contribution in [2.75, 3.05) is 0 Å². The van der Waals surface area contributed by atoms with Crippen molar-refractivity contribution in [2.24, 2.45) is 5.92 Å². The van der Waals surface area contributed by atoms with Crippen LogP contribution in [0.3, 0.4) is 0 Å². The lowest BCUT2D eigenvalue weighted by Crippen LogP contribution is -2.09. The van der Waals surface area contributed by atoms with Crippen molar-refractivity contribution in [3.8, 4) is 0 Å². The Bertz CT molecular complexity index is 375. The molecule has 1 nitrogen and oxygen atoms in total. The number of carbonyl (C=O) groups is 1. The molecule has 0 radical (unpaired) electrons. The minimum Gasteiger partial charge on any atom is -0.294 e. The Morgan fingerprint density at radius 3 is 2.43 bits per heavy atom. The van der Waals surface area contributed by atoms with Crippen LogP contribution in [0.2, 0.25) is 5.02 Å². The molecule has 1 aromatic carbocycles. The second-order valence-corrected chi connectivity index (χ2v) is 3.65. The summed E-state index contributed by atoms with van der Waals surface area (Å²) in [7, 11) is 0. The monoisotopic (exact) mass is 218 g/mol. The predicted octanol–water partition coefficient (Wildman–Crippen LogP) is 3.46. The number of hydrogen-bond acceptors (Lipinski definition) is 1. The molecule has 0 spiro atoms. The van der Waals surface area contributed by atoms with Crippen LogP contribution < -0.4 is 0 Å². The Morgan fingerprint density at radius 1 is 1.36 bits per heavy atom. The van der Waals surface area contributed by atoms with Gasteiger partial charge >= 0.3 is 0 Å². The van der Waals surface area contributed by atoms with Crippen molar-refractivity contribution < 1.29 is 13.6 Å². The molecule has 0 atom stereocenters. The Hall–Kier alpha value is -0.960. The summed E-state index contributed by atoms with van der Waals surface area (Å²) in [6, 6.07) is 1.60. The normalized spacial score (nSPS) is 10.7. The fourth-order valence-electron chi connectivity index (χ4n) is 1.05.